The summed E-state index contributed by atoms with van der Waals surface area (Å²) in [6.45, 7) is 9.74. The molecule has 1 aromatic rings. The summed E-state index contributed by atoms with van der Waals surface area (Å²) in [5.74, 6) is 0.146. The predicted octanol–water partition coefficient (Wildman–Crippen LogP) is 4.35. The second-order valence-electron chi connectivity index (χ2n) is 9.68. The number of hydrogen-bond donors (Lipinski definition) is 0. The molecule has 1 aliphatic heterocycles. The monoisotopic (exact) mass is 428 g/mol. The number of ether oxygens (including phenoxy) is 2. The molecule has 1 amide bonds. The Bertz CT molecular complexity index is 791. The summed E-state index contributed by atoms with van der Waals surface area (Å²) >= 11 is 0. The number of carbonyl (C=O) groups excluding carboxylic acids is 2. The maximum absolute atomic E-state index is 13.2. The Morgan fingerprint density at radius 3 is 2.39 bits per heavy atom. The van der Waals surface area contributed by atoms with Crippen molar-refractivity contribution >= 4 is 18.1 Å². The Labute approximate surface area is 186 Å². The smallest absolute Gasteiger partial charge is 0.410 e. The quantitative estimate of drug-likeness (QED) is 0.631. The summed E-state index contributed by atoms with van der Waals surface area (Å²) in [6.07, 6.45) is 4.63. The zero-order chi connectivity index (χ0) is 22.6. The van der Waals surface area contributed by atoms with Crippen molar-refractivity contribution in [1.29, 1.82) is 0 Å². The number of piperidine rings is 1. The Balaban J connectivity index is 1.69. The molecule has 0 unspecified atom stereocenters. The molecule has 1 saturated heterocycles. The minimum Gasteiger partial charge on any atom is -0.468 e. The van der Waals surface area contributed by atoms with E-state index in [1.54, 1.807) is 0 Å². The van der Waals surface area contributed by atoms with E-state index in [9.17, 15) is 9.59 Å². The third-order valence-electron chi connectivity index (χ3n) is 6.03. The van der Waals surface area contributed by atoms with Gasteiger partial charge in [0.05, 0.1) is 13.7 Å². The highest BCUT2D eigenvalue weighted by atomic mass is 16.6. The standard InChI is InChI=1S/C25H36N2O4/c1-18(15-19-9-7-6-8-10-19)21-16-22(21)27(24(29)31-25(2,3)4)20-11-13-26(14-12-20)17-23(28)30-5/h6-10,15,20-22H,11-14,16-17H2,1-5H3/t21-,22+/m0/s1. The van der Waals surface area contributed by atoms with Crippen LogP contribution in [-0.2, 0) is 14.3 Å². The minimum absolute atomic E-state index is 0.128. The summed E-state index contributed by atoms with van der Waals surface area (Å²) in [7, 11) is 1.41. The fourth-order valence-corrected chi connectivity index (χ4v) is 4.37. The van der Waals surface area contributed by atoms with E-state index in [4.69, 9.17) is 9.47 Å². The molecule has 2 aliphatic rings. The molecule has 0 spiro atoms. The van der Waals surface area contributed by atoms with Gasteiger partial charge in [-0.1, -0.05) is 42.0 Å². The molecule has 2 atom stereocenters. The Morgan fingerprint density at radius 2 is 1.81 bits per heavy atom. The summed E-state index contributed by atoms with van der Waals surface area (Å²) in [4.78, 5) is 28.9. The normalized spacial score (nSPS) is 22.7. The van der Waals surface area contributed by atoms with Gasteiger partial charge in [-0.3, -0.25) is 9.69 Å². The fourth-order valence-electron chi connectivity index (χ4n) is 4.37. The van der Waals surface area contributed by atoms with Gasteiger partial charge >= 0.3 is 12.1 Å². The van der Waals surface area contributed by atoms with Crippen molar-refractivity contribution in [1.82, 2.24) is 9.80 Å². The van der Waals surface area contributed by atoms with Crippen molar-refractivity contribution in [2.24, 2.45) is 5.92 Å². The molecule has 1 heterocycles. The Hall–Kier alpha value is -2.34. The first-order chi connectivity index (χ1) is 14.7. The highest BCUT2D eigenvalue weighted by Crippen LogP contribution is 2.44. The van der Waals surface area contributed by atoms with E-state index >= 15 is 0 Å². The van der Waals surface area contributed by atoms with Gasteiger partial charge < -0.3 is 14.4 Å². The van der Waals surface area contributed by atoms with E-state index in [2.05, 4.69) is 30.0 Å². The van der Waals surface area contributed by atoms with E-state index in [0.717, 1.165) is 32.4 Å². The number of rotatable bonds is 6. The molecule has 1 aliphatic carbocycles. The molecular weight excluding hydrogens is 392 g/mol. The highest BCUT2D eigenvalue weighted by Gasteiger charge is 2.48. The molecule has 3 rings (SSSR count). The van der Waals surface area contributed by atoms with E-state index in [0.29, 0.717) is 12.5 Å². The summed E-state index contributed by atoms with van der Waals surface area (Å²) in [6, 6.07) is 10.6. The van der Waals surface area contributed by atoms with Gasteiger partial charge in [-0.05, 0) is 52.5 Å². The molecule has 6 nitrogen and oxygen atoms in total. The third kappa shape index (κ3) is 6.57. The zero-order valence-corrected chi connectivity index (χ0v) is 19.5. The van der Waals surface area contributed by atoms with Crippen LogP contribution < -0.4 is 0 Å². The number of esters is 1. The second kappa shape index (κ2) is 9.86. The molecule has 2 fully saturated rings. The molecule has 6 heteroatoms. The molecule has 1 aromatic carbocycles. The van der Waals surface area contributed by atoms with Gasteiger partial charge in [0.25, 0.3) is 0 Å². The first-order valence-corrected chi connectivity index (χ1v) is 11.2. The van der Waals surface area contributed by atoms with Crippen LogP contribution in [0, 0.1) is 5.92 Å². The molecule has 0 aromatic heterocycles. The van der Waals surface area contributed by atoms with Gasteiger partial charge in [-0.25, -0.2) is 4.79 Å². The van der Waals surface area contributed by atoms with Crippen LogP contribution in [0.15, 0.2) is 35.9 Å². The topological polar surface area (TPSA) is 59.1 Å². The molecular formula is C25H36N2O4. The van der Waals surface area contributed by atoms with Gasteiger partial charge in [-0.2, -0.15) is 0 Å². The number of likely N-dealkylation sites (tertiary alicyclic amines) is 1. The third-order valence-corrected chi connectivity index (χ3v) is 6.03. The van der Waals surface area contributed by atoms with E-state index in [1.807, 2.05) is 43.9 Å². The number of nitrogens with zero attached hydrogens (tertiary/aromatic N) is 2. The van der Waals surface area contributed by atoms with Crippen molar-refractivity contribution in [3.8, 4) is 0 Å². The van der Waals surface area contributed by atoms with Gasteiger partial charge in [0, 0.05) is 31.1 Å². The second-order valence-corrected chi connectivity index (χ2v) is 9.68. The number of amides is 1. The SMILES string of the molecule is COC(=O)CN1CCC(N(C(=O)OC(C)(C)C)[C@@H]2C[C@H]2C(C)=Cc2ccccc2)CC1. The number of hydrogen-bond acceptors (Lipinski definition) is 5. The number of benzene rings is 1. The van der Waals surface area contributed by atoms with Crippen LogP contribution in [0.25, 0.3) is 6.08 Å². The maximum Gasteiger partial charge on any atom is 0.410 e. The van der Waals surface area contributed by atoms with E-state index in [-0.39, 0.29) is 24.1 Å². The average molecular weight is 429 g/mol. The van der Waals surface area contributed by atoms with Crippen molar-refractivity contribution < 1.29 is 19.1 Å². The fraction of sp³-hybridized carbons (Fsp3) is 0.600. The lowest BCUT2D eigenvalue weighted by Crippen LogP contribution is -2.51. The van der Waals surface area contributed by atoms with Gasteiger partial charge in [0.2, 0.25) is 0 Å². The van der Waals surface area contributed by atoms with Gasteiger partial charge in [0.15, 0.2) is 0 Å². The predicted molar refractivity (Wildman–Crippen MR) is 122 cm³/mol. The van der Waals surface area contributed by atoms with Crippen molar-refractivity contribution in [3.05, 3.63) is 41.5 Å². The summed E-state index contributed by atoms with van der Waals surface area (Å²) < 4.78 is 10.6. The van der Waals surface area contributed by atoms with Crippen molar-refractivity contribution in [2.45, 2.75) is 64.6 Å². The molecule has 0 N–H and O–H groups in total. The van der Waals surface area contributed by atoms with Crippen LogP contribution in [0.4, 0.5) is 4.79 Å². The van der Waals surface area contributed by atoms with Crippen molar-refractivity contribution in [2.75, 3.05) is 26.7 Å². The lowest BCUT2D eigenvalue weighted by molar-refractivity contribution is -0.142. The zero-order valence-electron chi connectivity index (χ0n) is 19.5. The molecule has 0 bridgehead atoms. The first-order valence-electron chi connectivity index (χ1n) is 11.2. The minimum atomic E-state index is -0.528. The Kier molecular flexibility index (Phi) is 7.42. The van der Waals surface area contributed by atoms with E-state index < -0.39 is 5.60 Å². The van der Waals surface area contributed by atoms with Crippen LogP contribution >= 0.6 is 0 Å². The van der Waals surface area contributed by atoms with Crippen LogP contribution in [-0.4, -0.2) is 66.3 Å². The molecule has 31 heavy (non-hydrogen) atoms. The number of carbonyl (C=O) groups is 2. The van der Waals surface area contributed by atoms with Crippen molar-refractivity contribution in [3.63, 3.8) is 0 Å². The highest BCUT2D eigenvalue weighted by molar-refractivity contribution is 5.71. The lowest BCUT2D eigenvalue weighted by atomic mass is 10.0. The Morgan fingerprint density at radius 1 is 1.16 bits per heavy atom. The average Bonchev–Trinajstić information content (AvgIpc) is 3.49. The molecule has 1 saturated carbocycles. The maximum atomic E-state index is 13.2. The van der Waals surface area contributed by atoms with E-state index in [1.165, 1.54) is 18.2 Å². The van der Waals surface area contributed by atoms with Gasteiger partial charge in [0.1, 0.15) is 5.60 Å². The van der Waals surface area contributed by atoms with Crippen LogP contribution in [0.2, 0.25) is 0 Å². The van der Waals surface area contributed by atoms with Crippen LogP contribution in [0.1, 0.15) is 52.5 Å². The van der Waals surface area contributed by atoms with Crippen LogP contribution in [0.5, 0.6) is 0 Å². The summed E-state index contributed by atoms with van der Waals surface area (Å²) in [5.41, 5.74) is 1.96. The number of methoxy groups -OCH3 is 1. The molecule has 170 valence electrons. The largest absolute Gasteiger partial charge is 0.468 e. The summed E-state index contributed by atoms with van der Waals surface area (Å²) in [5, 5.41) is 0. The van der Waals surface area contributed by atoms with Gasteiger partial charge in [-0.15, -0.1) is 0 Å². The van der Waals surface area contributed by atoms with Crippen LogP contribution in [0.3, 0.4) is 0 Å². The lowest BCUT2D eigenvalue weighted by Gasteiger charge is -2.39. The first kappa shape index (κ1) is 23.3. The molecule has 0 radical (unpaired) electrons.